The first-order valence-corrected chi connectivity index (χ1v) is 6.61. The fourth-order valence-electron chi connectivity index (χ4n) is 2.95. The van der Waals surface area contributed by atoms with E-state index in [1.807, 2.05) is 0 Å². The second-order valence-corrected chi connectivity index (χ2v) is 5.43. The lowest BCUT2D eigenvalue weighted by atomic mass is 9.61. The maximum Gasteiger partial charge on any atom is 0.137 e. The molecule has 0 spiro atoms. The molecule has 21 heavy (non-hydrogen) atoms. The van der Waals surface area contributed by atoms with Gasteiger partial charge < -0.3 is 0 Å². The van der Waals surface area contributed by atoms with Gasteiger partial charge >= 0.3 is 0 Å². The molecule has 0 aromatic carbocycles. The zero-order valence-electron chi connectivity index (χ0n) is 12.7. The number of carbonyl (C=O) groups excluding carboxylic acids is 4. The average molecular weight is 300 g/mol. The van der Waals surface area contributed by atoms with Crippen molar-refractivity contribution in [3.05, 3.63) is 0 Å². The van der Waals surface area contributed by atoms with E-state index in [2.05, 4.69) is 0 Å². The van der Waals surface area contributed by atoms with Gasteiger partial charge in [-0.15, -0.1) is 0 Å². The lowest BCUT2D eigenvalue weighted by Crippen LogP contribution is -2.46. The van der Waals surface area contributed by atoms with Crippen LogP contribution in [0.1, 0.15) is 69.2 Å². The van der Waals surface area contributed by atoms with Crippen molar-refractivity contribution in [3.63, 3.8) is 0 Å². The van der Waals surface area contributed by atoms with Crippen molar-refractivity contribution in [2.45, 2.75) is 69.2 Å². The first-order chi connectivity index (χ1) is 8.60. The summed E-state index contributed by atoms with van der Waals surface area (Å²) in [7, 11) is 0. The van der Waals surface area contributed by atoms with E-state index in [0.29, 0.717) is 6.42 Å². The van der Waals surface area contributed by atoms with Crippen LogP contribution in [0.15, 0.2) is 0 Å². The van der Waals surface area contributed by atoms with Gasteiger partial charge in [0.1, 0.15) is 23.1 Å². The maximum absolute atomic E-state index is 12.1. The van der Waals surface area contributed by atoms with Crippen LogP contribution in [0.5, 0.6) is 0 Å². The Morgan fingerprint density at radius 1 is 0.905 bits per heavy atom. The molecule has 0 fully saturated rings. The minimum absolute atomic E-state index is 0. The van der Waals surface area contributed by atoms with E-state index in [4.69, 9.17) is 0 Å². The number of carbonyl (C=O) groups is 4. The Balaban J connectivity index is -0.00000162. The summed E-state index contributed by atoms with van der Waals surface area (Å²) in [6.07, 6.45) is 0.393. The zero-order chi connectivity index (χ0) is 15.4. The monoisotopic (exact) mass is 300 g/mol. The van der Waals surface area contributed by atoms with E-state index < -0.39 is 17.3 Å². The van der Waals surface area contributed by atoms with Crippen molar-refractivity contribution in [1.29, 1.82) is 0 Å². The quantitative estimate of drug-likeness (QED) is 0.686. The van der Waals surface area contributed by atoms with Crippen LogP contribution >= 0.6 is 0 Å². The van der Waals surface area contributed by atoms with Gasteiger partial charge in [-0.25, -0.2) is 0 Å². The standard InChI is InChI=1S/C15H24O4.2CH4/c1-7-15(13(6)19,8-9(2)16)14(12(5)18)10(3)11(4)17;;/h10,14H,7-8H2,1-6H3;2*1H4. The molecule has 124 valence electrons. The van der Waals surface area contributed by atoms with Gasteiger partial charge in [0.05, 0.1) is 0 Å². The van der Waals surface area contributed by atoms with E-state index in [-0.39, 0.29) is 44.4 Å². The van der Waals surface area contributed by atoms with Gasteiger partial charge in [0.15, 0.2) is 0 Å². The van der Waals surface area contributed by atoms with Crippen LogP contribution in [-0.4, -0.2) is 23.1 Å². The van der Waals surface area contributed by atoms with Crippen LogP contribution in [-0.2, 0) is 19.2 Å². The Morgan fingerprint density at radius 3 is 1.52 bits per heavy atom. The average Bonchev–Trinajstić information content (AvgIpc) is 2.25. The van der Waals surface area contributed by atoms with Crippen molar-refractivity contribution in [2.24, 2.45) is 17.3 Å². The molecule has 0 rings (SSSR count). The third-order valence-electron chi connectivity index (χ3n) is 4.07. The van der Waals surface area contributed by atoms with E-state index in [0.717, 1.165) is 0 Å². The Labute approximate surface area is 129 Å². The third-order valence-corrected chi connectivity index (χ3v) is 4.07. The Hall–Kier alpha value is -1.32. The van der Waals surface area contributed by atoms with E-state index in [1.165, 1.54) is 27.7 Å². The van der Waals surface area contributed by atoms with Crippen LogP contribution in [0.25, 0.3) is 0 Å². The Morgan fingerprint density at radius 2 is 1.33 bits per heavy atom. The highest BCUT2D eigenvalue weighted by atomic mass is 16.1. The molecule has 4 nitrogen and oxygen atoms in total. The zero-order valence-corrected chi connectivity index (χ0v) is 12.7. The SMILES string of the molecule is C.C.CCC(CC(C)=O)(C(C)=O)C(C(C)=O)C(C)C(C)=O. The van der Waals surface area contributed by atoms with Crippen LogP contribution in [0.4, 0.5) is 0 Å². The first kappa shape index (κ1) is 24.7. The lowest BCUT2D eigenvalue weighted by molar-refractivity contribution is -0.146. The minimum Gasteiger partial charge on any atom is -0.300 e. The molecule has 0 aromatic heterocycles. The molecule has 0 bridgehead atoms. The molecule has 0 aliphatic rings. The minimum atomic E-state index is -1.05. The normalized spacial score (nSPS) is 15.5. The van der Waals surface area contributed by atoms with Crippen LogP contribution in [0, 0.1) is 17.3 Å². The summed E-state index contributed by atoms with van der Waals surface area (Å²) in [5.41, 5.74) is -1.05. The number of Topliss-reactive ketones (excluding diaryl/α,β-unsaturated/α-hetero) is 4. The van der Waals surface area contributed by atoms with Crippen LogP contribution in [0.2, 0.25) is 0 Å². The predicted molar refractivity (Wildman–Crippen MR) is 86.2 cm³/mol. The number of hydrogen-bond donors (Lipinski definition) is 0. The second-order valence-electron chi connectivity index (χ2n) is 5.43. The van der Waals surface area contributed by atoms with Gasteiger partial charge in [-0.2, -0.15) is 0 Å². The van der Waals surface area contributed by atoms with Crippen molar-refractivity contribution < 1.29 is 19.2 Å². The molecular formula is C17H32O4. The molecule has 0 N–H and O–H groups in total. The van der Waals surface area contributed by atoms with Gasteiger partial charge in [0.2, 0.25) is 0 Å². The van der Waals surface area contributed by atoms with Crippen LogP contribution < -0.4 is 0 Å². The molecule has 3 atom stereocenters. The molecule has 3 unspecified atom stereocenters. The van der Waals surface area contributed by atoms with Crippen molar-refractivity contribution >= 4 is 23.1 Å². The molecule has 0 aliphatic carbocycles. The fraction of sp³-hybridized carbons (Fsp3) is 0.765. The summed E-state index contributed by atoms with van der Waals surface area (Å²) in [5.74, 6) is -1.96. The smallest absolute Gasteiger partial charge is 0.137 e. The fourth-order valence-corrected chi connectivity index (χ4v) is 2.95. The molecule has 4 heteroatoms. The molecule has 0 heterocycles. The predicted octanol–water partition coefficient (Wildman–Crippen LogP) is 3.65. The molecule has 0 radical (unpaired) electrons. The van der Waals surface area contributed by atoms with Gasteiger partial charge in [-0.3, -0.25) is 19.2 Å². The molecule has 0 saturated carbocycles. The summed E-state index contributed by atoms with van der Waals surface area (Å²) in [5, 5.41) is 0. The van der Waals surface area contributed by atoms with E-state index >= 15 is 0 Å². The first-order valence-electron chi connectivity index (χ1n) is 6.61. The van der Waals surface area contributed by atoms with Crippen molar-refractivity contribution in [3.8, 4) is 0 Å². The third kappa shape index (κ3) is 5.52. The number of rotatable bonds is 8. The van der Waals surface area contributed by atoms with E-state index in [1.54, 1.807) is 13.8 Å². The lowest BCUT2D eigenvalue weighted by Gasteiger charge is -2.38. The summed E-state index contributed by atoms with van der Waals surface area (Å²) in [6, 6.07) is 0. The number of hydrogen-bond acceptors (Lipinski definition) is 4. The largest absolute Gasteiger partial charge is 0.300 e. The Bertz CT molecular complexity index is 398. The summed E-state index contributed by atoms with van der Waals surface area (Å²) >= 11 is 0. The molecule has 0 saturated heterocycles. The van der Waals surface area contributed by atoms with E-state index in [9.17, 15) is 19.2 Å². The molecular weight excluding hydrogens is 268 g/mol. The maximum atomic E-state index is 12.1. The highest BCUT2D eigenvalue weighted by Gasteiger charge is 2.48. The van der Waals surface area contributed by atoms with Crippen LogP contribution in [0.3, 0.4) is 0 Å². The Kier molecular flexibility index (Phi) is 11.3. The van der Waals surface area contributed by atoms with Crippen molar-refractivity contribution in [2.75, 3.05) is 0 Å². The topological polar surface area (TPSA) is 68.3 Å². The highest BCUT2D eigenvalue weighted by molar-refractivity contribution is 5.97. The van der Waals surface area contributed by atoms with Gasteiger partial charge in [0.25, 0.3) is 0 Å². The summed E-state index contributed by atoms with van der Waals surface area (Å²) in [4.78, 5) is 47.2. The summed E-state index contributed by atoms with van der Waals surface area (Å²) in [6.45, 7) is 9.04. The number of ketones is 4. The van der Waals surface area contributed by atoms with Gasteiger partial charge in [-0.1, -0.05) is 28.7 Å². The summed E-state index contributed by atoms with van der Waals surface area (Å²) < 4.78 is 0. The molecule has 0 amide bonds. The molecule has 0 aliphatic heterocycles. The van der Waals surface area contributed by atoms with Gasteiger partial charge in [-0.05, 0) is 34.1 Å². The van der Waals surface area contributed by atoms with Gasteiger partial charge in [0, 0.05) is 23.7 Å². The highest BCUT2D eigenvalue weighted by Crippen LogP contribution is 2.42. The second kappa shape index (κ2) is 9.59. The molecule has 0 aromatic rings. The van der Waals surface area contributed by atoms with Crippen molar-refractivity contribution in [1.82, 2.24) is 0 Å².